The molecule has 1 saturated carbocycles. The summed E-state index contributed by atoms with van der Waals surface area (Å²) >= 11 is 3.49. The van der Waals surface area contributed by atoms with Crippen LogP contribution in [0, 0.1) is 5.92 Å². The first kappa shape index (κ1) is 18.8. The third-order valence-electron chi connectivity index (χ3n) is 4.76. The van der Waals surface area contributed by atoms with Crippen molar-refractivity contribution < 1.29 is 4.79 Å². The SMILES string of the molecule is CC(C)n1cc(Br)cc1C(=O)N1CCC(NCC2CC2)CC1.Cl. The van der Waals surface area contributed by atoms with Gasteiger partial charge >= 0.3 is 0 Å². The summed E-state index contributed by atoms with van der Waals surface area (Å²) < 4.78 is 3.04. The van der Waals surface area contributed by atoms with Crippen molar-refractivity contribution in [2.45, 2.75) is 51.6 Å². The van der Waals surface area contributed by atoms with E-state index in [1.54, 1.807) is 0 Å². The van der Waals surface area contributed by atoms with Gasteiger partial charge < -0.3 is 14.8 Å². The van der Waals surface area contributed by atoms with Gasteiger partial charge in [0.1, 0.15) is 5.69 Å². The van der Waals surface area contributed by atoms with E-state index in [4.69, 9.17) is 0 Å². The minimum Gasteiger partial charge on any atom is -0.340 e. The third-order valence-corrected chi connectivity index (χ3v) is 5.20. The van der Waals surface area contributed by atoms with Crippen LogP contribution in [-0.4, -0.2) is 41.1 Å². The zero-order valence-corrected chi connectivity index (χ0v) is 16.3. The zero-order chi connectivity index (χ0) is 15.7. The van der Waals surface area contributed by atoms with Crippen LogP contribution >= 0.6 is 28.3 Å². The number of nitrogens with zero attached hydrogens (tertiary/aromatic N) is 2. The maximum atomic E-state index is 12.8. The van der Waals surface area contributed by atoms with Gasteiger partial charge in [0.2, 0.25) is 0 Å². The van der Waals surface area contributed by atoms with Crippen LogP contribution in [-0.2, 0) is 0 Å². The molecule has 23 heavy (non-hydrogen) atoms. The molecular formula is C17H27BrClN3O. The fraction of sp³-hybridized carbons (Fsp3) is 0.706. The van der Waals surface area contributed by atoms with Gasteiger partial charge in [-0.05, 0) is 74.0 Å². The van der Waals surface area contributed by atoms with E-state index in [2.05, 4.69) is 39.7 Å². The summed E-state index contributed by atoms with van der Waals surface area (Å²) in [6.45, 7) is 7.11. The lowest BCUT2D eigenvalue weighted by atomic mass is 10.0. The minimum atomic E-state index is 0. The first-order valence-electron chi connectivity index (χ1n) is 8.44. The molecule has 2 aliphatic rings. The zero-order valence-electron chi connectivity index (χ0n) is 13.9. The van der Waals surface area contributed by atoms with Crippen LogP contribution in [0.4, 0.5) is 0 Å². The highest BCUT2D eigenvalue weighted by atomic mass is 79.9. The molecule has 4 nitrogen and oxygen atoms in total. The summed E-state index contributed by atoms with van der Waals surface area (Å²) in [6, 6.07) is 2.83. The van der Waals surface area contributed by atoms with E-state index in [-0.39, 0.29) is 18.3 Å². The van der Waals surface area contributed by atoms with E-state index < -0.39 is 0 Å². The summed E-state index contributed by atoms with van der Waals surface area (Å²) in [6.07, 6.45) is 6.93. The van der Waals surface area contributed by atoms with Gasteiger partial charge in [0.05, 0.1) is 0 Å². The fourth-order valence-electron chi connectivity index (χ4n) is 3.15. The van der Waals surface area contributed by atoms with Gasteiger partial charge in [-0.15, -0.1) is 12.4 Å². The number of aromatic nitrogens is 1. The largest absolute Gasteiger partial charge is 0.340 e. The molecule has 0 aromatic carbocycles. The van der Waals surface area contributed by atoms with Crippen LogP contribution in [0.3, 0.4) is 0 Å². The molecule has 1 aromatic heterocycles. The topological polar surface area (TPSA) is 37.3 Å². The number of carbonyl (C=O) groups excluding carboxylic acids is 1. The van der Waals surface area contributed by atoms with Crippen molar-refractivity contribution in [2.75, 3.05) is 19.6 Å². The predicted molar refractivity (Wildman–Crippen MR) is 99.4 cm³/mol. The first-order chi connectivity index (χ1) is 10.5. The fourth-order valence-corrected chi connectivity index (χ4v) is 3.59. The molecule has 0 bridgehead atoms. The molecule has 1 aliphatic carbocycles. The van der Waals surface area contributed by atoms with E-state index in [9.17, 15) is 4.79 Å². The molecule has 3 rings (SSSR count). The Kier molecular flexibility index (Phi) is 6.57. The van der Waals surface area contributed by atoms with Crippen LogP contribution in [0.1, 0.15) is 56.1 Å². The molecule has 2 fully saturated rings. The summed E-state index contributed by atoms with van der Waals surface area (Å²) in [5.41, 5.74) is 0.797. The summed E-state index contributed by atoms with van der Waals surface area (Å²) in [5.74, 6) is 1.09. The molecule has 1 amide bonds. The first-order valence-corrected chi connectivity index (χ1v) is 9.24. The lowest BCUT2D eigenvalue weighted by Crippen LogP contribution is -2.45. The molecule has 2 heterocycles. The molecule has 1 aliphatic heterocycles. The molecular weight excluding hydrogens is 378 g/mol. The van der Waals surface area contributed by atoms with E-state index in [0.717, 1.165) is 42.0 Å². The number of hydrogen-bond donors (Lipinski definition) is 1. The molecule has 0 spiro atoms. The van der Waals surface area contributed by atoms with Crippen LogP contribution in [0.5, 0.6) is 0 Å². The highest BCUT2D eigenvalue weighted by molar-refractivity contribution is 9.10. The lowest BCUT2D eigenvalue weighted by molar-refractivity contribution is 0.0692. The number of halogens is 2. The second kappa shape index (κ2) is 8.04. The monoisotopic (exact) mass is 403 g/mol. The Balaban J connectivity index is 0.00000192. The summed E-state index contributed by atoms with van der Waals surface area (Å²) in [4.78, 5) is 14.8. The Morgan fingerprint density at radius 2 is 1.96 bits per heavy atom. The minimum absolute atomic E-state index is 0. The van der Waals surface area contributed by atoms with Gasteiger partial charge in [0.15, 0.2) is 0 Å². The summed E-state index contributed by atoms with van der Waals surface area (Å²) in [7, 11) is 0. The van der Waals surface area contributed by atoms with Crippen molar-refractivity contribution in [2.24, 2.45) is 5.92 Å². The second-order valence-electron chi connectivity index (χ2n) is 6.96. The van der Waals surface area contributed by atoms with Gasteiger partial charge in [0.25, 0.3) is 5.91 Å². The number of amides is 1. The molecule has 1 saturated heterocycles. The molecule has 6 heteroatoms. The van der Waals surface area contributed by atoms with Crippen LogP contribution < -0.4 is 5.32 Å². The van der Waals surface area contributed by atoms with E-state index in [1.165, 1.54) is 19.4 Å². The van der Waals surface area contributed by atoms with Crippen molar-refractivity contribution in [3.05, 3.63) is 22.4 Å². The van der Waals surface area contributed by atoms with Crippen LogP contribution in [0.15, 0.2) is 16.7 Å². The van der Waals surface area contributed by atoms with Gasteiger partial charge in [-0.2, -0.15) is 0 Å². The number of hydrogen-bond acceptors (Lipinski definition) is 2. The molecule has 0 atom stereocenters. The van der Waals surface area contributed by atoms with Gasteiger partial charge in [-0.3, -0.25) is 4.79 Å². The van der Waals surface area contributed by atoms with Gasteiger partial charge in [0, 0.05) is 35.8 Å². The number of nitrogens with one attached hydrogen (secondary N) is 1. The molecule has 1 N–H and O–H groups in total. The number of carbonyl (C=O) groups is 1. The highest BCUT2D eigenvalue weighted by Crippen LogP contribution is 2.28. The molecule has 0 radical (unpaired) electrons. The maximum absolute atomic E-state index is 12.8. The Morgan fingerprint density at radius 3 is 2.52 bits per heavy atom. The second-order valence-corrected chi connectivity index (χ2v) is 7.88. The van der Waals surface area contributed by atoms with E-state index in [0.29, 0.717) is 12.1 Å². The molecule has 130 valence electrons. The van der Waals surface area contributed by atoms with Crippen molar-refractivity contribution in [3.63, 3.8) is 0 Å². The predicted octanol–water partition coefficient (Wildman–Crippen LogP) is 3.86. The smallest absolute Gasteiger partial charge is 0.270 e. The van der Waals surface area contributed by atoms with Crippen molar-refractivity contribution in [1.29, 1.82) is 0 Å². The maximum Gasteiger partial charge on any atom is 0.270 e. The van der Waals surface area contributed by atoms with E-state index in [1.807, 2.05) is 17.2 Å². The lowest BCUT2D eigenvalue weighted by Gasteiger charge is -2.33. The molecule has 0 unspecified atom stereocenters. The Bertz CT molecular complexity index is 534. The Hall–Kier alpha value is -0.520. The molecule has 1 aromatic rings. The summed E-state index contributed by atoms with van der Waals surface area (Å²) in [5, 5.41) is 3.67. The number of piperidine rings is 1. The number of rotatable bonds is 5. The Labute approximate surface area is 153 Å². The van der Waals surface area contributed by atoms with Gasteiger partial charge in [-0.1, -0.05) is 0 Å². The quantitative estimate of drug-likeness (QED) is 0.809. The normalized spacial score (nSPS) is 19.0. The Morgan fingerprint density at radius 1 is 1.30 bits per heavy atom. The van der Waals surface area contributed by atoms with Crippen molar-refractivity contribution in [1.82, 2.24) is 14.8 Å². The van der Waals surface area contributed by atoms with E-state index >= 15 is 0 Å². The number of likely N-dealkylation sites (tertiary alicyclic amines) is 1. The van der Waals surface area contributed by atoms with Crippen LogP contribution in [0.2, 0.25) is 0 Å². The third kappa shape index (κ3) is 4.74. The average Bonchev–Trinajstić information content (AvgIpc) is 3.25. The van der Waals surface area contributed by atoms with Gasteiger partial charge in [-0.25, -0.2) is 0 Å². The van der Waals surface area contributed by atoms with Crippen LogP contribution in [0.25, 0.3) is 0 Å². The van der Waals surface area contributed by atoms with Crippen molar-refractivity contribution >= 4 is 34.2 Å². The standard InChI is InChI=1S/C17H26BrN3O.ClH/c1-12(2)21-11-14(18)9-16(21)17(22)20-7-5-15(6-8-20)19-10-13-3-4-13;/h9,11-13,15,19H,3-8,10H2,1-2H3;1H. The van der Waals surface area contributed by atoms with Crippen molar-refractivity contribution in [3.8, 4) is 0 Å². The highest BCUT2D eigenvalue weighted by Gasteiger charge is 2.27. The average molecular weight is 405 g/mol.